The maximum atomic E-state index is 9.42. The number of ether oxygens (including phenoxy) is 1. The first-order valence-corrected chi connectivity index (χ1v) is 9.32. The van der Waals surface area contributed by atoms with Gasteiger partial charge in [-0.05, 0) is 59.5 Å². The standard InChI is InChI=1S/C14H16N2O.C10H9NO/c15-12-7-5-11(6-8-12)9-10-17-14-4-2-1-3-13(14)16;11-8-4-5-9-7(6-8)2-1-3-10(9)12/h1-8H,9-10,15-16H2;1-6,12H,11H2. The molecule has 0 bridgehead atoms. The zero-order valence-electron chi connectivity index (χ0n) is 16.1. The van der Waals surface area contributed by atoms with E-state index in [9.17, 15) is 5.11 Å². The topological polar surface area (TPSA) is 108 Å². The van der Waals surface area contributed by atoms with Gasteiger partial charge < -0.3 is 27.0 Å². The molecule has 0 atom stereocenters. The molecule has 0 radical (unpaired) electrons. The third kappa shape index (κ3) is 5.56. The number of hydrogen-bond acceptors (Lipinski definition) is 5. The minimum atomic E-state index is 0.299. The van der Waals surface area contributed by atoms with Crippen LogP contribution in [0.5, 0.6) is 11.5 Å². The minimum absolute atomic E-state index is 0.299. The second kappa shape index (κ2) is 9.37. The van der Waals surface area contributed by atoms with Gasteiger partial charge in [-0.2, -0.15) is 0 Å². The molecule has 7 N–H and O–H groups in total. The Kier molecular flexibility index (Phi) is 6.43. The van der Waals surface area contributed by atoms with Gasteiger partial charge in [-0.1, -0.05) is 36.4 Å². The summed E-state index contributed by atoms with van der Waals surface area (Å²) in [6, 6.07) is 26.1. The van der Waals surface area contributed by atoms with Crippen LogP contribution in [-0.2, 0) is 6.42 Å². The average molecular weight is 387 g/mol. The van der Waals surface area contributed by atoms with E-state index in [0.717, 1.165) is 28.6 Å². The molecule has 0 fully saturated rings. The van der Waals surface area contributed by atoms with Crippen LogP contribution in [0.4, 0.5) is 17.1 Å². The van der Waals surface area contributed by atoms with Crippen LogP contribution < -0.4 is 21.9 Å². The molecule has 4 aromatic carbocycles. The Morgan fingerprint density at radius 3 is 2.21 bits per heavy atom. The van der Waals surface area contributed by atoms with Crippen LogP contribution in [-0.4, -0.2) is 11.7 Å². The summed E-state index contributed by atoms with van der Waals surface area (Å²) in [6.45, 7) is 0.609. The number of nitrogen functional groups attached to an aromatic ring is 3. The second-order valence-electron chi connectivity index (χ2n) is 6.64. The maximum absolute atomic E-state index is 9.42. The molecule has 148 valence electrons. The molecule has 29 heavy (non-hydrogen) atoms. The van der Waals surface area contributed by atoms with Gasteiger partial charge >= 0.3 is 0 Å². The molecule has 0 saturated carbocycles. The molecule has 4 rings (SSSR count). The fourth-order valence-corrected chi connectivity index (χ4v) is 2.86. The van der Waals surface area contributed by atoms with E-state index in [1.807, 2.05) is 66.7 Å². The largest absolute Gasteiger partial charge is 0.507 e. The number of phenolic OH excluding ortho intramolecular Hbond substituents is 1. The Labute approximate surface area is 170 Å². The molecule has 0 heterocycles. The smallest absolute Gasteiger partial charge is 0.142 e. The number of rotatable bonds is 4. The number of nitrogens with two attached hydrogens (primary N) is 3. The van der Waals surface area contributed by atoms with Crippen molar-refractivity contribution in [1.82, 2.24) is 0 Å². The van der Waals surface area contributed by atoms with Crippen molar-refractivity contribution in [2.75, 3.05) is 23.8 Å². The van der Waals surface area contributed by atoms with E-state index in [0.29, 0.717) is 23.7 Å². The highest BCUT2D eigenvalue weighted by atomic mass is 16.5. The number of benzene rings is 4. The van der Waals surface area contributed by atoms with Gasteiger partial charge in [0.2, 0.25) is 0 Å². The zero-order chi connectivity index (χ0) is 20.6. The van der Waals surface area contributed by atoms with E-state index < -0.39 is 0 Å². The molecule has 0 aliphatic rings. The molecule has 0 aliphatic carbocycles. The Bertz CT molecular complexity index is 1080. The van der Waals surface area contributed by atoms with Crippen LogP contribution in [0.2, 0.25) is 0 Å². The quantitative estimate of drug-likeness (QED) is 0.383. The van der Waals surface area contributed by atoms with Crippen molar-refractivity contribution in [3.05, 3.63) is 90.5 Å². The van der Waals surface area contributed by atoms with Crippen LogP contribution in [0.3, 0.4) is 0 Å². The Morgan fingerprint density at radius 2 is 1.45 bits per heavy atom. The van der Waals surface area contributed by atoms with Crippen molar-refractivity contribution in [3.8, 4) is 11.5 Å². The molecule has 4 aromatic rings. The molecular weight excluding hydrogens is 362 g/mol. The predicted molar refractivity (Wildman–Crippen MR) is 121 cm³/mol. The minimum Gasteiger partial charge on any atom is -0.507 e. The first kappa shape index (κ1) is 19.9. The third-order valence-electron chi connectivity index (χ3n) is 4.43. The molecule has 0 amide bonds. The highest BCUT2D eigenvalue weighted by Crippen LogP contribution is 2.25. The van der Waals surface area contributed by atoms with Gasteiger partial charge in [0.05, 0.1) is 12.3 Å². The van der Waals surface area contributed by atoms with E-state index in [1.54, 1.807) is 18.2 Å². The monoisotopic (exact) mass is 387 g/mol. The number of hydrogen-bond donors (Lipinski definition) is 4. The second-order valence-corrected chi connectivity index (χ2v) is 6.64. The van der Waals surface area contributed by atoms with E-state index in [4.69, 9.17) is 21.9 Å². The lowest BCUT2D eigenvalue weighted by atomic mass is 10.1. The molecule has 0 saturated heterocycles. The summed E-state index contributed by atoms with van der Waals surface area (Å²) in [6.07, 6.45) is 0.842. The summed E-state index contributed by atoms with van der Waals surface area (Å²) in [5.41, 5.74) is 20.4. The molecule has 0 spiro atoms. The lowest BCUT2D eigenvalue weighted by Crippen LogP contribution is -2.03. The van der Waals surface area contributed by atoms with Crippen molar-refractivity contribution in [1.29, 1.82) is 0 Å². The molecule has 5 heteroatoms. The highest BCUT2D eigenvalue weighted by Gasteiger charge is 1.99. The molecule has 0 aromatic heterocycles. The summed E-state index contributed by atoms with van der Waals surface area (Å²) in [5.74, 6) is 1.04. The van der Waals surface area contributed by atoms with Crippen LogP contribution >= 0.6 is 0 Å². The van der Waals surface area contributed by atoms with Gasteiger partial charge in [0.25, 0.3) is 0 Å². The Morgan fingerprint density at radius 1 is 0.724 bits per heavy atom. The van der Waals surface area contributed by atoms with Gasteiger partial charge in [-0.3, -0.25) is 0 Å². The van der Waals surface area contributed by atoms with Crippen molar-refractivity contribution in [2.24, 2.45) is 0 Å². The summed E-state index contributed by atoms with van der Waals surface area (Å²) < 4.78 is 5.61. The third-order valence-corrected chi connectivity index (χ3v) is 4.43. The number of anilines is 3. The van der Waals surface area contributed by atoms with Gasteiger partial charge in [0.15, 0.2) is 0 Å². The van der Waals surface area contributed by atoms with Crippen molar-refractivity contribution in [2.45, 2.75) is 6.42 Å². The van der Waals surface area contributed by atoms with Gasteiger partial charge in [0, 0.05) is 23.2 Å². The predicted octanol–water partition coefficient (Wildman–Crippen LogP) is 4.60. The van der Waals surface area contributed by atoms with E-state index in [1.165, 1.54) is 5.56 Å². The van der Waals surface area contributed by atoms with Crippen molar-refractivity contribution < 1.29 is 9.84 Å². The first-order chi connectivity index (χ1) is 14.0. The summed E-state index contributed by atoms with van der Waals surface area (Å²) >= 11 is 0. The van der Waals surface area contributed by atoms with Gasteiger partial charge in [-0.25, -0.2) is 0 Å². The van der Waals surface area contributed by atoms with E-state index in [-0.39, 0.29) is 0 Å². The van der Waals surface area contributed by atoms with Crippen molar-refractivity contribution in [3.63, 3.8) is 0 Å². The van der Waals surface area contributed by atoms with E-state index >= 15 is 0 Å². The fourth-order valence-electron chi connectivity index (χ4n) is 2.86. The van der Waals surface area contributed by atoms with Crippen LogP contribution in [0.25, 0.3) is 10.8 Å². The molecule has 5 nitrogen and oxygen atoms in total. The van der Waals surface area contributed by atoms with Gasteiger partial charge in [-0.15, -0.1) is 0 Å². The number of fused-ring (bicyclic) bond motifs is 1. The van der Waals surface area contributed by atoms with Crippen molar-refractivity contribution >= 4 is 27.8 Å². The Hall–Kier alpha value is -3.86. The van der Waals surface area contributed by atoms with E-state index in [2.05, 4.69) is 0 Å². The normalized spacial score (nSPS) is 10.2. The number of para-hydroxylation sites is 2. The molecular formula is C24H25N3O2. The highest BCUT2D eigenvalue weighted by molar-refractivity contribution is 5.90. The SMILES string of the molecule is Nc1ccc(CCOc2ccccc2N)cc1.Nc1ccc2c(O)cccc2c1. The summed E-state index contributed by atoms with van der Waals surface area (Å²) in [7, 11) is 0. The lowest BCUT2D eigenvalue weighted by Gasteiger charge is -2.08. The molecule has 0 aliphatic heterocycles. The number of aromatic hydroxyl groups is 1. The van der Waals surface area contributed by atoms with Crippen LogP contribution in [0.1, 0.15) is 5.56 Å². The van der Waals surface area contributed by atoms with Crippen LogP contribution in [0.15, 0.2) is 84.9 Å². The fraction of sp³-hybridized carbons (Fsp3) is 0.0833. The summed E-state index contributed by atoms with van der Waals surface area (Å²) in [5, 5.41) is 11.2. The number of phenols is 1. The first-order valence-electron chi connectivity index (χ1n) is 9.32. The van der Waals surface area contributed by atoms with Gasteiger partial charge in [0.1, 0.15) is 11.5 Å². The average Bonchev–Trinajstić information content (AvgIpc) is 2.71. The summed E-state index contributed by atoms with van der Waals surface area (Å²) in [4.78, 5) is 0. The lowest BCUT2D eigenvalue weighted by molar-refractivity contribution is 0.323. The zero-order valence-corrected chi connectivity index (χ0v) is 16.1. The Balaban J connectivity index is 0.000000176. The maximum Gasteiger partial charge on any atom is 0.142 e. The van der Waals surface area contributed by atoms with Crippen LogP contribution in [0, 0.1) is 0 Å². The molecule has 0 unspecified atom stereocenters.